The number of nitrogens with zero attached hydrogens (tertiary/aromatic N) is 1. The average molecular weight is 285 g/mol. The molecule has 1 aliphatic heterocycles. The summed E-state index contributed by atoms with van der Waals surface area (Å²) in [6.07, 6.45) is 2.53. The van der Waals surface area contributed by atoms with Crippen molar-refractivity contribution < 1.29 is 23.8 Å². The maximum Gasteiger partial charge on any atom is 0.410 e. The van der Waals surface area contributed by atoms with Gasteiger partial charge in [-0.15, -0.1) is 0 Å². The van der Waals surface area contributed by atoms with E-state index in [4.69, 9.17) is 14.2 Å². The van der Waals surface area contributed by atoms with Crippen molar-refractivity contribution in [2.75, 3.05) is 26.4 Å². The van der Waals surface area contributed by atoms with Gasteiger partial charge in [0, 0.05) is 12.6 Å². The summed E-state index contributed by atoms with van der Waals surface area (Å²) in [5.74, 6) is -0.429. The van der Waals surface area contributed by atoms with E-state index in [0.29, 0.717) is 26.4 Å². The smallest absolute Gasteiger partial charge is 0.410 e. The Morgan fingerprint density at radius 3 is 2.70 bits per heavy atom. The zero-order valence-electron chi connectivity index (χ0n) is 12.5. The number of carbonyl (C=O) groups excluding carboxylic acids is 2. The monoisotopic (exact) mass is 285 g/mol. The largest absolute Gasteiger partial charge is 0.463 e. The quantitative estimate of drug-likeness (QED) is 0.584. The molecule has 0 aromatic carbocycles. The Hall–Kier alpha value is -1.56. The molecule has 0 bridgehead atoms. The predicted molar refractivity (Wildman–Crippen MR) is 73.3 cm³/mol. The average Bonchev–Trinajstić information content (AvgIpc) is 2.35. The molecule has 1 aliphatic rings. The molecule has 114 valence electrons. The molecule has 0 radical (unpaired) electrons. The van der Waals surface area contributed by atoms with Gasteiger partial charge in [-0.05, 0) is 27.7 Å². The van der Waals surface area contributed by atoms with Gasteiger partial charge in [0.25, 0.3) is 0 Å². The molecule has 0 aliphatic carbocycles. The summed E-state index contributed by atoms with van der Waals surface area (Å²) in [6.45, 7) is 8.74. The van der Waals surface area contributed by atoms with Crippen LogP contribution in [0.25, 0.3) is 0 Å². The van der Waals surface area contributed by atoms with Gasteiger partial charge in [-0.25, -0.2) is 9.59 Å². The van der Waals surface area contributed by atoms with Crippen LogP contribution < -0.4 is 0 Å². The first-order valence-corrected chi connectivity index (χ1v) is 6.76. The van der Waals surface area contributed by atoms with Crippen molar-refractivity contribution in [1.29, 1.82) is 0 Å². The highest BCUT2D eigenvalue weighted by molar-refractivity contribution is 5.82. The molecule has 0 N–H and O–H groups in total. The third kappa shape index (κ3) is 5.61. The van der Waals surface area contributed by atoms with Gasteiger partial charge in [-0.2, -0.15) is 0 Å². The predicted octanol–water partition coefficient (Wildman–Crippen LogP) is 1.74. The van der Waals surface area contributed by atoms with E-state index in [1.165, 1.54) is 6.08 Å². The van der Waals surface area contributed by atoms with E-state index >= 15 is 0 Å². The standard InChI is InChI=1S/C14H23NO5/c1-5-19-12(16)7-6-11-10-18-9-8-15(11)13(17)20-14(2,3)4/h6-7,11H,5,8-10H2,1-4H3. The first-order chi connectivity index (χ1) is 9.33. The highest BCUT2D eigenvalue weighted by Gasteiger charge is 2.29. The summed E-state index contributed by atoms with van der Waals surface area (Å²) in [7, 11) is 0. The molecule has 0 spiro atoms. The summed E-state index contributed by atoms with van der Waals surface area (Å²) in [6, 6.07) is -0.317. The lowest BCUT2D eigenvalue weighted by Crippen LogP contribution is -2.49. The molecular weight excluding hydrogens is 262 g/mol. The lowest BCUT2D eigenvalue weighted by atomic mass is 10.2. The van der Waals surface area contributed by atoms with E-state index in [1.807, 2.05) is 20.8 Å². The number of ether oxygens (including phenoxy) is 3. The minimum absolute atomic E-state index is 0.317. The van der Waals surface area contributed by atoms with Crippen LogP contribution in [0.3, 0.4) is 0 Å². The third-order valence-corrected chi connectivity index (χ3v) is 2.53. The summed E-state index contributed by atoms with van der Waals surface area (Å²) < 4.78 is 15.5. The maximum atomic E-state index is 12.1. The number of hydrogen-bond acceptors (Lipinski definition) is 5. The Labute approximate surface area is 119 Å². The second kappa shape index (κ2) is 7.28. The normalized spacial score (nSPS) is 20.0. The zero-order valence-corrected chi connectivity index (χ0v) is 12.5. The molecule has 1 fully saturated rings. The summed E-state index contributed by atoms with van der Waals surface area (Å²) in [5, 5.41) is 0. The molecule has 1 rings (SSSR count). The van der Waals surface area contributed by atoms with E-state index in [-0.39, 0.29) is 6.04 Å². The molecule has 20 heavy (non-hydrogen) atoms. The Morgan fingerprint density at radius 1 is 1.40 bits per heavy atom. The maximum absolute atomic E-state index is 12.1. The fourth-order valence-corrected chi connectivity index (χ4v) is 1.71. The Bertz CT molecular complexity index is 372. The molecular formula is C14H23NO5. The van der Waals surface area contributed by atoms with Crippen molar-refractivity contribution in [2.45, 2.75) is 39.3 Å². The Balaban J connectivity index is 2.67. The lowest BCUT2D eigenvalue weighted by Gasteiger charge is -2.35. The van der Waals surface area contributed by atoms with Crippen LogP contribution in [-0.2, 0) is 19.0 Å². The fraction of sp³-hybridized carbons (Fsp3) is 0.714. The highest BCUT2D eigenvalue weighted by Crippen LogP contribution is 2.15. The second-order valence-electron chi connectivity index (χ2n) is 5.43. The van der Waals surface area contributed by atoms with Crippen molar-refractivity contribution >= 4 is 12.1 Å². The highest BCUT2D eigenvalue weighted by atomic mass is 16.6. The summed E-state index contributed by atoms with van der Waals surface area (Å²) in [4.78, 5) is 25.0. The van der Waals surface area contributed by atoms with Crippen molar-refractivity contribution in [2.24, 2.45) is 0 Å². The summed E-state index contributed by atoms with van der Waals surface area (Å²) in [5.41, 5.74) is -0.551. The topological polar surface area (TPSA) is 65.1 Å². The van der Waals surface area contributed by atoms with E-state index in [2.05, 4.69) is 0 Å². The molecule has 1 atom stereocenters. The van der Waals surface area contributed by atoms with Gasteiger partial charge < -0.3 is 14.2 Å². The van der Waals surface area contributed by atoms with E-state index in [0.717, 1.165) is 0 Å². The lowest BCUT2D eigenvalue weighted by molar-refractivity contribution is -0.137. The number of morpholine rings is 1. The number of esters is 1. The Morgan fingerprint density at radius 2 is 2.10 bits per heavy atom. The van der Waals surface area contributed by atoms with Gasteiger partial charge in [0.2, 0.25) is 0 Å². The van der Waals surface area contributed by atoms with Crippen LogP contribution in [0.5, 0.6) is 0 Å². The van der Waals surface area contributed by atoms with Crippen molar-refractivity contribution in [1.82, 2.24) is 4.90 Å². The zero-order chi connectivity index (χ0) is 15.2. The van der Waals surface area contributed by atoms with Gasteiger partial charge in [-0.1, -0.05) is 6.08 Å². The van der Waals surface area contributed by atoms with Crippen molar-refractivity contribution in [3.05, 3.63) is 12.2 Å². The SMILES string of the molecule is CCOC(=O)C=CC1COCCN1C(=O)OC(C)(C)C. The van der Waals surface area contributed by atoms with Gasteiger partial charge in [-0.3, -0.25) is 4.90 Å². The Kier molecular flexibility index (Phi) is 6.01. The molecule has 1 unspecified atom stereocenters. The first-order valence-electron chi connectivity index (χ1n) is 6.76. The molecule has 0 aromatic rings. The van der Waals surface area contributed by atoms with Gasteiger partial charge in [0.1, 0.15) is 5.60 Å². The number of rotatable bonds is 3. The minimum atomic E-state index is -0.551. The van der Waals surface area contributed by atoms with Crippen LogP contribution >= 0.6 is 0 Å². The fourth-order valence-electron chi connectivity index (χ4n) is 1.71. The molecule has 6 heteroatoms. The van der Waals surface area contributed by atoms with Gasteiger partial charge >= 0.3 is 12.1 Å². The third-order valence-electron chi connectivity index (χ3n) is 2.53. The van der Waals surface area contributed by atoms with E-state index < -0.39 is 17.7 Å². The van der Waals surface area contributed by atoms with Crippen molar-refractivity contribution in [3.63, 3.8) is 0 Å². The van der Waals surface area contributed by atoms with E-state index in [9.17, 15) is 9.59 Å². The van der Waals surface area contributed by atoms with Crippen LogP contribution in [0, 0.1) is 0 Å². The molecule has 1 amide bonds. The van der Waals surface area contributed by atoms with Crippen LogP contribution in [-0.4, -0.2) is 55.0 Å². The second-order valence-corrected chi connectivity index (χ2v) is 5.43. The number of hydrogen-bond donors (Lipinski definition) is 0. The minimum Gasteiger partial charge on any atom is -0.463 e. The van der Waals surface area contributed by atoms with Crippen LogP contribution in [0.4, 0.5) is 4.79 Å². The molecule has 0 saturated carbocycles. The number of amides is 1. The molecule has 1 saturated heterocycles. The van der Waals surface area contributed by atoms with Crippen LogP contribution in [0.2, 0.25) is 0 Å². The molecule has 0 aromatic heterocycles. The number of carbonyl (C=O) groups is 2. The first kappa shape index (κ1) is 16.5. The summed E-state index contributed by atoms with van der Waals surface area (Å²) >= 11 is 0. The van der Waals surface area contributed by atoms with Crippen LogP contribution in [0.1, 0.15) is 27.7 Å². The van der Waals surface area contributed by atoms with Gasteiger partial charge in [0.05, 0.1) is 25.9 Å². The van der Waals surface area contributed by atoms with Crippen LogP contribution in [0.15, 0.2) is 12.2 Å². The molecule has 1 heterocycles. The molecule has 6 nitrogen and oxygen atoms in total. The van der Waals surface area contributed by atoms with Crippen molar-refractivity contribution in [3.8, 4) is 0 Å². The van der Waals surface area contributed by atoms with E-state index in [1.54, 1.807) is 17.9 Å². The van der Waals surface area contributed by atoms with Gasteiger partial charge in [0.15, 0.2) is 0 Å².